The van der Waals surface area contributed by atoms with E-state index in [-0.39, 0.29) is 36.7 Å². The second-order valence-electron chi connectivity index (χ2n) is 4.42. The summed E-state index contributed by atoms with van der Waals surface area (Å²) in [6.07, 6.45) is 1.13. The molecule has 18 heavy (non-hydrogen) atoms. The van der Waals surface area contributed by atoms with E-state index in [0.29, 0.717) is 12.8 Å². The highest BCUT2D eigenvalue weighted by Gasteiger charge is 2.32. The highest BCUT2D eigenvalue weighted by atomic mass is 32.2. The first-order valence-electron chi connectivity index (χ1n) is 5.75. The van der Waals surface area contributed by atoms with Crippen LogP contribution >= 0.6 is 0 Å². The Balaban J connectivity index is 2.42. The molecule has 0 aromatic carbocycles. The van der Waals surface area contributed by atoms with Crippen molar-refractivity contribution in [2.45, 2.75) is 30.9 Å². The average molecular weight is 297 g/mol. The van der Waals surface area contributed by atoms with Crippen molar-refractivity contribution < 1.29 is 16.8 Å². The molecule has 1 saturated heterocycles. The van der Waals surface area contributed by atoms with E-state index in [1.54, 1.807) is 0 Å². The summed E-state index contributed by atoms with van der Waals surface area (Å²) in [5.74, 6) is -0.101. The smallest absolute Gasteiger partial charge is 0.214 e. The largest absolute Gasteiger partial charge is 0.388 e. The summed E-state index contributed by atoms with van der Waals surface area (Å²) in [6, 6.07) is 0. The summed E-state index contributed by atoms with van der Waals surface area (Å²) in [4.78, 5) is 0. The van der Waals surface area contributed by atoms with Crippen LogP contribution in [0.4, 0.5) is 0 Å². The van der Waals surface area contributed by atoms with Crippen LogP contribution < -0.4 is 10.5 Å². The summed E-state index contributed by atoms with van der Waals surface area (Å²) >= 11 is 0. The standard InChI is InChI=1S/C9H19N3O4S2/c10-9(11)2-1-5-12-18(15,16)8-3-6-17(13,14)7-4-8/h8,12H,1-7H2,(H3,10,11). The zero-order valence-corrected chi connectivity index (χ0v) is 11.7. The fourth-order valence-corrected chi connectivity index (χ4v) is 5.10. The first-order valence-corrected chi connectivity index (χ1v) is 9.11. The van der Waals surface area contributed by atoms with Crippen molar-refractivity contribution in [3.05, 3.63) is 0 Å². The van der Waals surface area contributed by atoms with E-state index in [4.69, 9.17) is 11.1 Å². The summed E-state index contributed by atoms with van der Waals surface area (Å²) in [7, 11) is -6.51. The molecule has 1 aliphatic rings. The number of hydrogen-bond acceptors (Lipinski definition) is 5. The van der Waals surface area contributed by atoms with Crippen molar-refractivity contribution in [2.75, 3.05) is 18.1 Å². The van der Waals surface area contributed by atoms with Crippen LogP contribution in [-0.4, -0.2) is 46.0 Å². The molecule has 0 bridgehead atoms. The maximum absolute atomic E-state index is 11.9. The Bertz CT molecular complexity index is 484. The fraction of sp³-hybridized carbons (Fsp3) is 0.889. The number of hydrogen-bond donors (Lipinski definition) is 3. The fourth-order valence-electron chi connectivity index (χ4n) is 1.79. The Morgan fingerprint density at radius 3 is 2.39 bits per heavy atom. The minimum absolute atomic E-state index is 0.0259. The Labute approximate surface area is 108 Å². The predicted molar refractivity (Wildman–Crippen MR) is 69.7 cm³/mol. The highest BCUT2D eigenvalue weighted by Crippen LogP contribution is 2.18. The van der Waals surface area contributed by atoms with E-state index in [9.17, 15) is 16.8 Å². The van der Waals surface area contributed by atoms with Crippen LogP contribution in [0.15, 0.2) is 0 Å². The molecule has 0 aromatic heterocycles. The third-order valence-corrected chi connectivity index (χ3v) is 6.54. The summed E-state index contributed by atoms with van der Waals surface area (Å²) in [6.45, 7) is 0.227. The molecule has 4 N–H and O–H groups in total. The molecule has 0 aromatic rings. The van der Waals surface area contributed by atoms with Gasteiger partial charge in [-0.1, -0.05) is 0 Å². The van der Waals surface area contributed by atoms with Crippen molar-refractivity contribution in [3.63, 3.8) is 0 Å². The van der Waals surface area contributed by atoms with Crippen LogP contribution in [0.2, 0.25) is 0 Å². The van der Waals surface area contributed by atoms with Crippen LogP contribution in [0.3, 0.4) is 0 Å². The Morgan fingerprint density at radius 2 is 1.89 bits per heavy atom. The molecule has 7 nitrogen and oxygen atoms in total. The molecule has 0 unspecified atom stereocenters. The van der Waals surface area contributed by atoms with Gasteiger partial charge < -0.3 is 5.73 Å². The molecule has 0 amide bonds. The summed E-state index contributed by atoms with van der Waals surface area (Å²) < 4.78 is 48.5. The number of nitrogens with two attached hydrogens (primary N) is 1. The van der Waals surface area contributed by atoms with Gasteiger partial charge in [0, 0.05) is 13.0 Å². The third-order valence-electron chi connectivity index (χ3n) is 2.87. The van der Waals surface area contributed by atoms with E-state index >= 15 is 0 Å². The summed E-state index contributed by atoms with van der Waals surface area (Å²) in [5, 5.41) is 6.38. The topological polar surface area (TPSA) is 130 Å². The van der Waals surface area contributed by atoms with Crippen LogP contribution in [0.25, 0.3) is 0 Å². The number of sulfonamides is 1. The molecule has 1 aliphatic heterocycles. The number of nitrogens with one attached hydrogen (secondary N) is 2. The monoisotopic (exact) mass is 297 g/mol. The SMILES string of the molecule is N=C(N)CCCNS(=O)(=O)C1CCS(=O)(=O)CC1. The lowest BCUT2D eigenvalue weighted by Crippen LogP contribution is -2.40. The van der Waals surface area contributed by atoms with Crippen LogP contribution in [0.1, 0.15) is 25.7 Å². The molecule has 0 saturated carbocycles. The Kier molecular flexibility index (Phi) is 5.11. The van der Waals surface area contributed by atoms with Gasteiger partial charge in [-0.05, 0) is 19.3 Å². The number of rotatable bonds is 6. The molecule has 1 rings (SSSR count). The van der Waals surface area contributed by atoms with Gasteiger partial charge >= 0.3 is 0 Å². The minimum Gasteiger partial charge on any atom is -0.388 e. The van der Waals surface area contributed by atoms with Crippen LogP contribution in [0.5, 0.6) is 0 Å². The molecule has 1 heterocycles. The van der Waals surface area contributed by atoms with E-state index in [1.165, 1.54) is 0 Å². The molecular formula is C9H19N3O4S2. The Hall–Kier alpha value is -0.670. The molecule has 106 valence electrons. The minimum atomic E-state index is -3.46. The van der Waals surface area contributed by atoms with Gasteiger partial charge in [-0.15, -0.1) is 0 Å². The van der Waals surface area contributed by atoms with Gasteiger partial charge in [0.05, 0.1) is 22.6 Å². The van der Waals surface area contributed by atoms with Crippen molar-refractivity contribution in [1.29, 1.82) is 5.41 Å². The molecule has 0 radical (unpaired) electrons. The quantitative estimate of drug-likeness (QED) is 0.335. The van der Waals surface area contributed by atoms with Gasteiger partial charge in [0.25, 0.3) is 0 Å². The van der Waals surface area contributed by atoms with Gasteiger partial charge in [-0.25, -0.2) is 21.6 Å². The molecule has 0 atom stereocenters. The normalized spacial score (nSPS) is 20.7. The molecular weight excluding hydrogens is 278 g/mol. The second kappa shape index (κ2) is 5.98. The number of amidine groups is 1. The maximum Gasteiger partial charge on any atom is 0.214 e. The maximum atomic E-state index is 11.9. The molecule has 0 aliphatic carbocycles. The van der Waals surface area contributed by atoms with E-state index < -0.39 is 25.1 Å². The van der Waals surface area contributed by atoms with E-state index in [0.717, 1.165) is 0 Å². The van der Waals surface area contributed by atoms with Gasteiger partial charge in [-0.3, -0.25) is 5.41 Å². The third kappa shape index (κ3) is 4.91. The van der Waals surface area contributed by atoms with E-state index in [2.05, 4.69) is 4.72 Å². The van der Waals surface area contributed by atoms with Gasteiger partial charge in [0.15, 0.2) is 0 Å². The average Bonchev–Trinajstić information content (AvgIpc) is 2.23. The highest BCUT2D eigenvalue weighted by molar-refractivity contribution is 7.92. The van der Waals surface area contributed by atoms with Crippen molar-refractivity contribution in [3.8, 4) is 0 Å². The lowest BCUT2D eigenvalue weighted by Gasteiger charge is -2.22. The molecule has 0 spiro atoms. The molecule has 9 heteroatoms. The van der Waals surface area contributed by atoms with E-state index in [1.807, 2.05) is 0 Å². The van der Waals surface area contributed by atoms with Gasteiger partial charge in [-0.2, -0.15) is 0 Å². The van der Waals surface area contributed by atoms with Gasteiger partial charge in [0.1, 0.15) is 9.84 Å². The lowest BCUT2D eigenvalue weighted by molar-refractivity contribution is 0.541. The zero-order valence-electron chi connectivity index (χ0n) is 10.1. The van der Waals surface area contributed by atoms with Crippen molar-refractivity contribution >= 4 is 25.7 Å². The summed E-state index contributed by atoms with van der Waals surface area (Å²) in [5.41, 5.74) is 5.15. The lowest BCUT2D eigenvalue weighted by atomic mass is 10.2. The first kappa shape index (κ1) is 15.4. The van der Waals surface area contributed by atoms with Gasteiger partial charge in [0.2, 0.25) is 10.0 Å². The number of sulfone groups is 1. The second-order valence-corrected chi connectivity index (χ2v) is 8.77. The molecule has 1 fully saturated rings. The van der Waals surface area contributed by atoms with Crippen molar-refractivity contribution in [2.24, 2.45) is 5.73 Å². The van der Waals surface area contributed by atoms with Crippen molar-refractivity contribution in [1.82, 2.24) is 4.72 Å². The first-order chi connectivity index (χ1) is 8.23. The van der Waals surface area contributed by atoms with Crippen LogP contribution in [0, 0.1) is 5.41 Å². The Morgan fingerprint density at radius 1 is 1.33 bits per heavy atom. The van der Waals surface area contributed by atoms with Crippen LogP contribution in [-0.2, 0) is 19.9 Å². The predicted octanol–water partition coefficient (Wildman–Crippen LogP) is -0.801. The zero-order chi connectivity index (χ0) is 13.8.